The highest BCUT2D eigenvalue weighted by molar-refractivity contribution is 7.80. The zero-order chi connectivity index (χ0) is 35.1. The van der Waals surface area contributed by atoms with Crippen molar-refractivity contribution < 1.29 is 37.4 Å². The van der Waals surface area contributed by atoms with E-state index >= 15 is 4.39 Å². The van der Waals surface area contributed by atoms with Crippen molar-refractivity contribution in [2.24, 2.45) is 12.8 Å². The van der Waals surface area contributed by atoms with Gasteiger partial charge < -0.3 is 16.2 Å². The quantitative estimate of drug-likeness (QED) is 0.106. The Bertz CT molecular complexity index is 2280. The number of aryl methyl sites for hydroxylation is 2. The first-order chi connectivity index (χ1) is 23.3. The van der Waals surface area contributed by atoms with Crippen LogP contribution >= 0.6 is 0 Å². The van der Waals surface area contributed by atoms with Crippen LogP contribution in [0.2, 0.25) is 0 Å². The third-order valence-corrected chi connectivity index (χ3v) is 8.89. The molecule has 0 radical (unpaired) electrons. The fourth-order valence-corrected chi connectivity index (χ4v) is 6.42. The number of hydrogen-bond acceptors (Lipinski definition) is 8. The van der Waals surface area contributed by atoms with Gasteiger partial charge in [-0.15, -0.1) is 0 Å². The number of aromatic nitrogens is 4. The molecule has 1 aliphatic rings. The van der Waals surface area contributed by atoms with Crippen LogP contribution in [-0.4, -0.2) is 63.0 Å². The standard InChI is InChI=1S/C31H29FN8O8S/c1-37-23-11-16(2-5-21(23)40(31(37)46)22-6-7-26(43)36-30(22)45)18-13-34-38(14-18)9-8-27(44)35-19-3-4-20-17(10-19)12-24(41)29(28(20)32)39(49(47)48)15-25(33)42/h2-5,10-14,22,41H,6-9,15H2,1H3,(H2,33,42)(H,35,44)(H,47,48)(H,36,43,45). The van der Waals surface area contributed by atoms with Crippen molar-refractivity contribution in [2.45, 2.75) is 31.8 Å². The molecule has 0 aliphatic carbocycles. The number of piperidine rings is 1. The fourth-order valence-electron chi connectivity index (χ4n) is 5.85. The monoisotopic (exact) mass is 692 g/mol. The Labute approximate surface area is 278 Å². The van der Waals surface area contributed by atoms with Gasteiger partial charge in [0.25, 0.3) is 11.3 Å². The van der Waals surface area contributed by atoms with E-state index in [-0.39, 0.29) is 54.1 Å². The Morgan fingerprint density at radius 2 is 1.92 bits per heavy atom. The minimum atomic E-state index is -2.85. The van der Waals surface area contributed by atoms with Gasteiger partial charge in [0.1, 0.15) is 24.0 Å². The molecule has 0 spiro atoms. The van der Waals surface area contributed by atoms with Gasteiger partial charge in [0.05, 0.1) is 17.2 Å². The van der Waals surface area contributed by atoms with Crippen LogP contribution in [-0.2, 0) is 44.0 Å². The maximum absolute atomic E-state index is 15.3. The number of phenolic OH excluding ortho intramolecular Hbond substituents is 1. The average molecular weight is 693 g/mol. The summed E-state index contributed by atoms with van der Waals surface area (Å²) >= 11 is -2.85. The summed E-state index contributed by atoms with van der Waals surface area (Å²) < 4.78 is 41.3. The highest BCUT2D eigenvalue weighted by Crippen LogP contribution is 2.38. The number of nitrogens with two attached hydrogens (primary N) is 1. The zero-order valence-electron chi connectivity index (χ0n) is 25.8. The first-order valence-electron chi connectivity index (χ1n) is 14.8. The van der Waals surface area contributed by atoms with Crippen molar-refractivity contribution in [3.05, 3.63) is 71.2 Å². The SMILES string of the molecule is Cn1c(=O)n(C2CCC(=O)NC2=O)c2ccc(-c3cnn(CCC(=O)Nc4ccc5c(F)c(N(CC(N)=O)S(=O)O)c(O)cc5c4)c3)cc21. The zero-order valence-corrected chi connectivity index (χ0v) is 26.6. The van der Waals surface area contributed by atoms with Gasteiger partial charge in [0.2, 0.25) is 23.6 Å². The van der Waals surface area contributed by atoms with E-state index in [0.717, 1.165) is 17.2 Å². The van der Waals surface area contributed by atoms with Crippen LogP contribution in [0.4, 0.5) is 15.8 Å². The summed E-state index contributed by atoms with van der Waals surface area (Å²) in [6.07, 6.45) is 3.74. The second kappa shape index (κ2) is 13.0. The van der Waals surface area contributed by atoms with Gasteiger partial charge in [-0.1, -0.05) is 6.07 Å². The molecule has 2 unspecified atom stereocenters. The van der Waals surface area contributed by atoms with E-state index < -0.39 is 52.9 Å². The van der Waals surface area contributed by atoms with E-state index in [9.17, 15) is 37.8 Å². The molecular weight excluding hydrogens is 663 g/mol. The number of nitrogens with zero attached hydrogens (tertiary/aromatic N) is 5. The van der Waals surface area contributed by atoms with Crippen LogP contribution in [0.3, 0.4) is 0 Å². The second-order valence-electron chi connectivity index (χ2n) is 11.4. The molecule has 5 aromatic rings. The molecule has 6 rings (SSSR count). The van der Waals surface area contributed by atoms with E-state index in [1.165, 1.54) is 27.3 Å². The lowest BCUT2D eigenvalue weighted by atomic mass is 10.1. The first kappa shape index (κ1) is 33.0. The van der Waals surface area contributed by atoms with Gasteiger partial charge in [0.15, 0.2) is 5.82 Å². The Kier molecular flexibility index (Phi) is 8.74. The third kappa shape index (κ3) is 6.38. The van der Waals surface area contributed by atoms with Crippen molar-refractivity contribution in [3.8, 4) is 16.9 Å². The molecule has 254 valence electrons. The number of carbonyl (C=O) groups excluding carboxylic acids is 4. The molecule has 0 bridgehead atoms. The summed E-state index contributed by atoms with van der Waals surface area (Å²) in [6, 6.07) is 9.82. The number of rotatable bonds is 10. The normalized spacial score (nSPS) is 15.4. The molecule has 3 aromatic carbocycles. The van der Waals surface area contributed by atoms with Crippen molar-refractivity contribution in [3.63, 3.8) is 0 Å². The van der Waals surface area contributed by atoms with Gasteiger partial charge in [-0.2, -0.15) is 5.10 Å². The summed E-state index contributed by atoms with van der Waals surface area (Å²) in [4.78, 5) is 61.2. The minimum Gasteiger partial charge on any atom is -0.506 e. The van der Waals surface area contributed by atoms with Crippen molar-refractivity contribution in [1.82, 2.24) is 24.2 Å². The number of phenols is 1. The number of aromatic hydroxyl groups is 1. The molecule has 16 nitrogen and oxygen atoms in total. The number of nitrogens with one attached hydrogen (secondary N) is 2. The van der Waals surface area contributed by atoms with Gasteiger partial charge >= 0.3 is 5.69 Å². The second-order valence-corrected chi connectivity index (χ2v) is 12.3. The van der Waals surface area contributed by atoms with Crippen LogP contribution in [0.5, 0.6) is 5.75 Å². The molecule has 1 saturated heterocycles. The lowest BCUT2D eigenvalue weighted by molar-refractivity contribution is -0.135. The maximum atomic E-state index is 15.3. The van der Waals surface area contributed by atoms with Crippen LogP contribution in [0.1, 0.15) is 25.3 Å². The number of imide groups is 1. The predicted octanol–water partition coefficient (Wildman–Crippen LogP) is 1.64. The summed E-state index contributed by atoms with van der Waals surface area (Å²) in [5, 5.41) is 19.9. The van der Waals surface area contributed by atoms with E-state index in [2.05, 4.69) is 15.7 Å². The molecule has 0 saturated carbocycles. The van der Waals surface area contributed by atoms with Gasteiger partial charge in [-0.3, -0.25) is 47.2 Å². The molecule has 1 fully saturated rings. The lowest BCUT2D eigenvalue weighted by Crippen LogP contribution is -2.44. The van der Waals surface area contributed by atoms with Gasteiger partial charge in [0, 0.05) is 49.3 Å². The van der Waals surface area contributed by atoms with Crippen LogP contribution in [0, 0.1) is 5.82 Å². The largest absolute Gasteiger partial charge is 0.506 e. The molecule has 6 N–H and O–H groups in total. The van der Waals surface area contributed by atoms with E-state index in [0.29, 0.717) is 21.0 Å². The summed E-state index contributed by atoms with van der Waals surface area (Å²) in [7, 11) is 1.60. The third-order valence-electron chi connectivity index (χ3n) is 8.20. The summed E-state index contributed by atoms with van der Waals surface area (Å²) in [5.41, 5.74) is 6.94. The lowest BCUT2D eigenvalue weighted by Gasteiger charge is -2.21. The number of fused-ring (bicyclic) bond motifs is 2. The predicted molar refractivity (Wildman–Crippen MR) is 176 cm³/mol. The minimum absolute atomic E-state index is 0.0183. The Morgan fingerprint density at radius 1 is 1.14 bits per heavy atom. The number of benzene rings is 3. The smallest absolute Gasteiger partial charge is 0.329 e. The number of halogens is 1. The first-order valence-corrected chi connectivity index (χ1v) is 15.9. The molecule has 4 amide bonds. The molecule has 1 aliphatic heterocycles. The van der Waals surface area contributed by atoms with Crippen LogP contribution in [0.15, 0.2) is 59.7 Å². The molecule has 2 aromatic heterocycles. The van der Waals surface area contributed by atoms with E-state index in [1.807, 2.05) is 0 Å². The highest BCUT2D eigenvalue weighted by atomic mass is 32.2. The molecule has 49 heavy (non-hydrogen) atoms. The average Bonchev–Trinajstić information content (AvgIpc) is 3.61. The Balaban J connectivity index is 1.14. The van der Waals surface area contributed by atoms with E-state index in [4.69, 9.17) is 5.73 Å². The molecule has 3 heterocycles. The van der Waals surface area contributed by atoms with Crippen LogP contribution < -0.4 is 26.4 Å². The maximum Gasteiger partial charge on any atom is 0.329 e. The summed E-state index contributed by atoms with van der Waals surface area (Å²) in [5.74, 6) is -4.05. The van der Waals surface area contributed by atoms with Crippen molar-refractivity contribution >= 4 is 68.1 Å². The number of anilines is 2. The number of hydrogen-bond donors (Lipinski definition) is 5. The number of carbonyl (C=O) groups is 4. The Hall–Kier alpha value is -5.88. The number of primary amides is 1. The van der Waals surface area contributed by atoms with Crippen molar-refractivity contribution in [2.75, 3.05) is 16.2 Å². The molecular formula is C31H29FN8O8S. The highest BCUT2D eigenvalue weighted by Gasteiger charge is 2.31. The van der Waals surface area contributed by atoms with Crippen LogP contribution in [0.25, 0.3) is 32.9 Å². The fraction of sp³-hybridized carbons (Fsp3) is 0.226. The van der Waals surface area contributed by atoms with Crippen molar-refractivity contribution in [1.29, 1.82) is 0 Å². The topological polar surface area (TPSA) is 224 Å². The Morgan fingerprint density at radius 3 is 2.63 bits per heavy atom. The van der Waals surface area contributed by atoms with Gasteiger partial charge in [-0.25, -0.2) is 13.4 Å². The van der Waals surface area contributed by atoms with Gasteiger partial charge in [-0.05, 0) is 53.8 Å². The number of imidazole rings is 1. The summed E-state index contributed by atoms with van der Waals surface area (Å²) in [6.45, 7) is -0.610. The molecule has 2 atom stereocenters. The molecule has 18 heteroatoms. The van der Waals surface area contributed by atoms with E-state index in [1.54, 1.807) is 42.3 Å². The number of amides is 4.